The van der Waals surface area contributed by atoms with Crippen LogP contribution in [0, 0.1) is 5.82 Å². The second-order valence-electron chi connectivity index (χ2n) is 8.18. The van der Waals surface area contributed by atoms with Crippen molar-refractivity contribution in [2.24, 2.45) is 0 Å². The average Bonchev–Trinajstić information content (AvgIpc) is 3.61. The molecule has 0 amide bonds. The molecule has 36 heavy (non-hydrogen) atoms. The van der Waals surface area contributed by atoms with E-state index in [1.54, 1.807) is 4.57 Å². The zero-order chi connectivity index (χ0) is 26.8. The third-order valence-electron chi connectivity index (χ3n) is 5.38. The van der Waals surface area contributed by atoms with Gasteiger partial charge in [0.2, 0.25) is 5.43 Å². The van der Waals surface area contributed by atoms with Gasteiger partial charge in [0, 0.05) is 25.3 Å². The van der Waals surface area contributed by atoms with Crippen LogP contribution < -0.4 is 15.1 Å². The lowest BCUT2D eigenvalue weighted by Gasteiger charge is -2.28. The van der Waals surface area contributed by atoms with Crippen LogP contribution in [0.2, 0.25) is 0 Å². The fraction of sp³-hybridized carbons (Fsp3) is 0.524. The Labute approximate surface area is 207 Å². The summed E-state index contributed by atoms with van der Waals surface area (Å²) in [7, 11) is -5.21. The molecule has 0 bridgehead atoms. The van der Waals surface area contributed by atoms with Gasteiger partial charge in [-0.1, -0.05) is 0 Å². The first-order valence-corrected chi connectivity index (χ1v) is 14.4. The Kier molecular flexibility index (Phi) is 8.27. The first kappa shape index (κ1) is 27.8. The molecule has 1 saturated carbocycles. The van der Waals surface area contributed by atoms with Gasteiger partial charge in [0.25, 0.3) is 20.2 Å². The highest BCUT2D eigenvalue weighted by Gasteiger charge is 2.31. The lowest BCUT2D eigenvalue weighted by Crippen LogP contribution is -2.33. The summed E-state index contributed by atoms with van der Waals surface area (Å²) in [6.07, 6.45) is 4.57. The number of ether oxygens (including phenoxy) is 2. The second-order valence-corrected chi connectivity index (χ2v) is 11.5. The van der Waals surface area contributed by atoms with E-state index in [1.807, 2.05) is 0 Å². The van der Waals surface area contributed by atoms with E-state index in [-0.39, 0.29) is 60.2 Å². The summed E-state index contributed by atoms with van der Waals surface area (Å²) < 4.78 is 82.7. The van der Waals surface area contributed by atoms with E-state index in [4.69, 9.17) is 17.8 Å². The molecule has 12 nitrogen and oxygen atoms in total. The van der Waals surface area contributed by atoms with Gasteiger partial charge < -0.3 is 18.9 Å². The Morgan fingerprint density at radius 2 is 1.64 bits per heavy atom. The predicted octanol–water partition coefficient (Wildman–Crippen LogP) is 1.03. The molecule has 1 aromatic heterocycles. The largest absolute Gasteiger partial charge is 0.492 e. The number of hydrogen-bond donors (Lipinski definition) is 0. The van der Waals surface area contributed by atoms with E-state index < -0.39 is 37.5 Å². The number of carbonyl (C=O) groups is 1. The zero-order valence-electron chi connectivity index (χ0n) is 20.1. The first-order chi connectivity index (χ1) is 16.8. The number of rotatable bonds is 12. The maximum atomic E-state index is 15.6. The smallest absolute Gasteiger partial charge is 0.343 e. The quantitative estimate of drug-likeness (QED) is 0.276. The molecule has 1 fully saturated rings. The molecule has 15 heteroatoms. The van der Waals surface area contributed by atoms with Crippen molar-refractivity contribution in [2.75, 3.05) is 57.9 Å². The molecule has 1 aliphatic carbocycles. The molecule has 0 atom stereocenters. The van der Waals surface area contributed by atoms with Crippen LogP contribution >= 0.6 is 0 Å². The van der Waals surface area contributed by atoms with Crippen molar-refractivity contribution in [3.63, 3.8) is 0 Å². The fourth-order valence-electron chi connectivity index (χ4n) is 3.76. The molecule has 1 heterocycles. The van der Waals surface area contributed by atoms with Crippen molar-refractivity contribution < 1.29 is 43.9 Å². The van der Waals surface area contributed by atoms with E-state index in [2.05, 4.69) is 0 Å². The van der Waals surface area contributed by atoms with Gasteiger partial charge in [-0.25, -0.2) is 9.18 Å². The van der Waals surface area contributed by atoms with Crippen LogP contribution in [0.5, 0.6) is 5.75 Å². The average molecular weight is 551 g/mol. The van der Waals surface area contributed by atoms with Crippen molar-refractivity contribution in [2.45, 2.75) is 18.9 Å². The third-order valence-corrected chi connectivity index (χ3v) is 6.57. The van der Waals surface area contributed by atoms with Crippen molar-refractivity contribution >= 4 is 42.8 Å². The molecule has 200 valence electrons. The van der Waals surface area contributed by atoms with Gasteiger partial charge in [-0.05, 0) is 18.9 Å². The Morgan fingerprint density at radius 1 is 1.08 bits per heavy atom. The highest BCUT2D eigenvalue weighted by Crippen LogP contribution is 2.43. The monoisotopic (exact) mass is 550 g/mol. The lowest BCUT2D eigenvalue weighted by atomic mass is 10.1. The van der Waals surface area contributed by atoms with Gasteiger partial charge >= 0.3 is 5.97 Å². The third kappa shape index (κ3) is 6.52. The number of pyridine rings is 1. The van der Waals surface area contributed by atoms with E-state index in [0.29, 0.717) is 0 Å². The van der Waals surface area contributed by atoms with Gasteiger partial charge in [-0.15, -0.1) is 0 Å². The number of carbonyl (C=O) groups excluding carboxylic acids is 1. The maximum Gasteiger partial charge on any atom is 0.343 e. The summed E-state index contributed by atoms with van der Waals surface area (Å²) in [4.78, 5) is 26.6. The molecule has 0 N–H and O–H groups in total. The standard InChI is InChI=1S/C21H27FN2O10S2/c1-31-20-17-14(19(25)15(21(26)32-2)12-24(17)13-5-6-13)11-16(22)18(20)23(7-9-33-35(3,27)28)8-10-34-36(4,29)30/h11-13H,5-10H2,1-4H3. The number of aromatic nitrogens is 1. The molecule has 0 saturated heterocycles. The van der Waals surface area contributed by atoms with E-state index >= 15 is 4.39 Å². The number of halogens is 1. The van der Waals surface area contributed by atoms with Crippen LogP contribution in [0.1, 0.15) is 29.2 Å². The number of hydrogen-bond acceptors (Lipinski definition) is 11. The van der Waals surface area contributed by atoms with Gasteiger partial charge in [-0.2, -0.15) is 16.8 Å². The van der Waals surface area contributed by atoms with Crippen LogP contribution in [0.15, 0.2) is 17.1 Å². The maximum absolute atomic E-state index is 15.6. The Morgan fingerprint density at radius 3 is 2.08 bits per heavy atom. The summed E-state index contributed by atoms with van der Waals surface area (Å²) in [6.45, 7) is -1.14. The van der Waals surface area contributed by atoms with E-state index in [9.17, 15) is 26.4 Å². The molecular weight excluding hydrogens is 523 g/mol. The molecule has 1 aliphatic rings. The summed E-state index contributed by atoms with van der Waals surface area (Å²) in [5.41, 5.74) is -0.929. The number of methoxy groups -OCH3 is 2. The van der Waals surface area contributed by atoms with Gasteiger partial charge in [0.05, 0.1) is 50.8 Å². The van der Waals surface area contributed by atoms with E-state index in [0.717, 1.165) is 38.5 Å². The summed E-state index contributed by atoms with van der Waals surface area (Å²) in [5, 5.41) is -0.109. The molecule has 3 rings (SSSR count). The predicted molar refractivity (Wildman–Crippen MR) is 128 cm³/mol. The number of fused-ring (bicyclic) bond motifs is 1. The second kappa shape index (κ2) is 10.7. The van der Waals surface area contributed by atoms with E-state index in [1.165, 1.54) is 18.2 Å². The summed E-state index contributed by atoms with van der Waals surface area (Å²) >= 11 is 0. The molecule has 0 radical (unpaired) electrons. The Bertz CT molecular complexity index is 1400. The van der Waals surface area contributed by atoms with Gasteiger partial charge in [0.1, 0.15) is 11.3 Å². The normalized spacial score (nSPS) is 14.1. The van der Waals surface area contributed by atoms with Crippen LogP contribution in [0.3, 0.4) is 0 Å². The van der Waals surface area contributed by atoms with Crippen molar-refractivity contribution in [1.82, 2.24) is 4.57 Å². The van der Waals surface area contributed by atoms with Crippen LogP contribution in [-0.2, 0) is 33.3 Å². The highest BCUT2D eigenvalue weighted by molar-refractivity contribution is 7.86. The lowest BCUT2D eigenvalue weighted by molar-refractivity contribution is 0.0598. The number of benzene rings is 1. The van der Waals surface area contributed by atoms with Crippen molar-refractivity contribution in [3.05, 3.63) is 33.9 Å². The summed E-state index contributed by atoms with van der Waals surface area (Å²) in [5.74, 6) is -1.83. The topological polar surface area (TPSA) is 148 Å². The number of nitrogens with zero attached hydrogens (tertiary/aromatic N) is 2. The number of anilines is 1. The van der Waals surface area contributed by atoms with Crippen molar-refractivity contribution in [3.8, 4) is 5.75 Å². The van der Waals surface area contributed by atoms with Crippen LogP contribution in [0.25, 0.3) is 10.9 Å². The zero-order valence-corrected chi connectivity index (χ0v) is 21.8. The minimum absolute atomic E-state index is 0.0517. The molecule has 1 aromatic carbocycles. The summed E-state index contributed by atoms with van der Waals surface area (Å²) in [6, 6.07) is 0.891. The fourth-order valence-corrected chi connectivity index (χ4v) is 4.51. The highest BCUT2D eigenvalue weighted by atomic mass is 32.2. The molecular formula is C21H27FN2O10S2. The Balaban J connectivity index is 2.20. The van der Waals surface area contributed by atoms with Gasteiger partial charge in [-0.3, -0.25) is 13.2 Å². The molecule has 2 aromatic rings. The Hall–Kier alpha value is -2.75. The number of esters is 1. The van der Waals surface area contributed by atoms with Crippen LogP contribution in [-0.4, -0.2) is 80.4 Å². The molecule has 0 unspecified atom stereocenters. The minimum atomic E-state index is -3.81. The van der Waals surface area contributed by atoms with Crippen molar-refractivity contribution in [1.29, 1.82) is 0 Å². The SMILES string of the molecule is COC(=O)c1cn(C2CC2)c2c(OC)c(N(CCOS(C)(=O)=O)CCOS(C)(=O)=O)c(F)cc2c1=O. The van der Waals surface area contributed by atoms with Gasteiger partial charge in [0.15, 0.2) is 11.6 Å². The minimum Gasteiger partial charge on any atom is -0.492 e. The first-order valence-electron chi connectivity index (χ1n) is 10.7. The molecule has 0 aliphatic heterocycles. The molecule has 0 spiro atoms. The van der Waals surface area contributed by atoms with Crippen LogP contribution in [0.4, 0.5) is 10.1 Å².